The van der Waals surface area contributed by atoms with Crippen molar-refractivity contribution in [3.8, 4) is 17.3 Å². The number of hydrogen-bond donors (Lipinski definition) is 0. The molecule has 2 aromatic heterocycles. The van der Waals surface area contributed by atoms with Crippen LogP contribution in [0.3, 0.4) is 0 Å². The van der Waals surface area contributed by atoms with E-state index < -0.39 is 56.4 Å². The van der Waals surface area contributed by atoms with E-state index >= 15 is 0 Å². The van der Waals surface area contributed by atoms with Crippen LogP contribution >= 0.6 is 11.6 Å². The molecule has 0 spiro atoms. The van der Waals surface area contributed by atoms with Crippen molar-refractivity contribution in [2.75, 3.05) is 0 Å². The van der Waals surface area contributed by atoms with Crippen LogP contribution in [0.15, 0.2) is 164 Å². The number of rotatable bonds is 6. The molecule has 0 N–H and O–H groups in total. The maximum atomic E-state index is 8.88. The molecule has 4 nitrogen and oxygen atoms in total. The fourth-order valence-corrected chi connectivity index (χ4v) is 11.1. The molecule has 214 valence electrons. The third-order valence-electron chi connectivity index (χ3n) is 8.00. The van der Waals surface area contributed by atoms with Crippen LogP contribution in [0.1, 0.15) is 11.0 Å². The summed E-state index contributed by atoms with van der Waals surface area (Å²) in [5, 5.41) is 4.15. The van der Waals surface area contributed by atoms with Crippen LogP contribution in [-0.2, 0) is 0 Å². The molecular weight excluding hydrogens is 588 g/mol. The summed E-state index contributed by atoms with van der Waals surface area (Å²) < 4.78 is 70.1. The summed E-state index contributed by atoms with van der Waals surface area (Å²) in [6.07, 6.45) is 0. The van der Waals surface area contributed by atoms with E-state index in [4.69, 9.17) is 27.6 Å². The normalized spacial score (nSPS) is 14.2. The van der Waals surface area contributed by atoms with Crippen molar-refractivity contribution in [3.63, 3.8) is 0 Å². The van der Waals surface area contributed by atoms with Crippen LogP contribution < -0.4 is 20.7 Å². The van der Waals surface area contributed by atoms with Crippen molar-refractivity contribution in [2.45, 2.75) is 0 Å². The first-order chi connectivity index (χ1) is 25.5. The molecule has 6 aromatic carbocycles. The third-order valence-corrected chi connectivity index (χ3v) is 12.9. The van der Waals surface area contributed by atoms with Gasteiger partial charge in [-0.15, -0.1) is 0 Å². The van der Waals surface area contributed by atoms with E-state index in [1.165, 1.54) is 4.57 Å². The lowest BCUT2D eigenvalue weighted by Gasteiger charge is -2.34. The average molecular weight is 623 g/mol. The molecule has 0 aliphatic rings. The highest BCUT2D eigenvalue weighted by atomic mass is 35.5. The summed E-state index contributed by atoms with van der Waals surface area (Å²) >= 11 is 6.62. The molecule has 0 aliphatic heterocycles. The van der Waals surface area contributed by atoms with Crippen molar-refractivity contribution in [3.05, 3.63) is 169 Å². The quantitative estimate of drug-likeness (QED) is 0.154. The Morgan fingerprint density at radius 2 is 1.02 bits per heavy atom. The maximum absolute atomic E-state index is 8.88. The van der Waals surface area contributed by atoms with Crippen LogP contribution in [0.25, 0.3) is 39.1 Å². The topological polar surface area (TPSA) is 43.6 Å². The molecule has 0 radical (unpaired) electrons. The fourth-order valence-electron chi connectivity index (χ4n) is 6.15. The first kappa shape index (κ1) is 19.8. The Hall–Kier alpha value is -5.36. The highest BCUT2D eigenvalue weighted by molar-refractivity contribution is 7.19. The molecule has 0 atom stereocenters. The van der Waals surface area contributed by atoms with E-state index in [9.17, 15) is 0 Å². The van der Waals surface area contributed by atoms with E-state index in [1.807, 2.05) is 72.8 Å². The van der Waals surface area contributed by atoms with Crippen LogP contribution in [0.4, 0.5) is 0 Å². The van der Waals surface area contributed by atoms with E-state index in [-0.39, 0.29) is 38.9 Å². The highest BCUT2D eigenvalue weighted by Crippen LogP contribution is 2.31. The van der Waals surface area contributed by atoms with E-state index in [2.05, 4.69) is 52.4 Å². The third kappa shape index (κ3) is 4.56. The lowest BCUT2D eigenvalue weighted by Crippen LogP contribution is -2.74. The van der Waals surface area contributed by atoms with Crippen molar-refractivity contribution in [2.24, 2.45) is 0 Å². The van der Waals surface area contributed by atoms with Crippen LogP contribution in [0.5, 0.6) is 0 Å². The van der Waals surface area contributed by atoms with E-state index in [0.29, 0.717) is 5.56 Å². The predicted octanol–water partition coefficient (Wildman–Crippen LogP) is 6.67. The minimum Gasteiger partial charge on any atom is -0.278 e. The fraction of sp³-hybridized carbons (Fsp3) is 0. The largest absolute Gasteiger partial charge is 0.278 e. The second-order valence-corrected chi connectivity index (χ2v) is 14.6. The summed E-state index contributed by atoms with van der Waals surface area (Å²) in [6.45, 7) is 0. The van der Waals surface area contributed by atoms with Gasteiger partial charge in [-0.25, -0.2) is 0 Å². The summed E-state index contributed by atoms with van der Waals surface area (Å²) in [7, 11) is -2.95. The van der Waals surface area contributed by atoms with Gasteiger partial charge in [0.1, 0.15) is 0 Å². The second kappa shape index (κ2) is 11.3. The maximum Gasteiger partial charge on any atom is 0.239 e. The average Bonchev–Trinajstić information content (AvgIpc) is 3.56. The van der Waals surface area contributed by atoms with Gasteiger partial charge in [-0.3, -0.25) is 4.57 Å². The molecule has 0 saturated heterocycles. The van der Waals surface area contributed by atoms with Gasteiger partial charge in [-0.2, -0.15) is 15.0 Å². The molecule has 0 amide bonds. The molecular formula is C39H27ClN4Si. The Bertz CT molecular complexity index is 2560. The second-order valence-electron chi connectivity index (χ2n) is 10.4. The Kier molecular flexibility index (Phi) is 4.97. The summed E-state index contributed by atoms with van der Waals surface area (Å²) in [4.78, 5) is 13.7. The molecule has 2 heterocycles. The number of fused-ring (bicyclic) bond motifs is 3. The Morgan fingerprint density at radius 1 is 0.533 bits per heavy atom. The first-order valence-corrected chi connectivity index (χ1v) is 16.6. The smallest absolute Gasteiger partial charge is 0.239 e. The molecule has 0 bridgehead atoms. The summed E-state index contributed by atoms with van der Waals surface area (Å²) in [5.41, 5.74) is 0.379. The molecule has 8 rings (SSSR count). The SMILES string of the molecule is [2H]c1c([2H])c([2H])c2c(c1[2H])c1c([2H])c([2H])c([2H])c([2H])c1n2-c1nc(Cl)nc(-c2cccc([Si](c3ccccc3)(c3ccccc3)c3ccccc3)c2)n1. The van der Waals surface area contributed by atoms with Gasteiger partial charge < -0.3 is 0 Å². The molecule has 0 saturated carbocycles. The summed E-state index contributed by atoms with van der Waals surface area (Å²) in [5.74, 6) is -0.00578. The predicted molar refractivity (Wildman–Crippen MR) is 188 cm³/mol. The standard InChI is InChI=1S/C39H27ClN4Si/c40-38-41-37(42-39(43-38)44-35-25-12-10-23-33(35)34-24-11-13-26-36(34)44)28-15-14-22-32(27-28)45(29-16-4-1-5-17-29,30-18-6-2-7-19-30)31-20-8-3-9-21-31/h1-27H/i10D,11D,12D,13D,23D,24D,25D,26D. The monoisotopic (exact) mass is 622 g/mol. The van der Waals surface area contributed by atoms with Crippen molar-refractivity contribution in [1.82, 2.24) is 19.5 Å². The summed E-state index contributed by atoms with van der Waals surface area (Å²) in [6, 6.07) is 35.1. The molecule has 8 aromatic rings. The zero-order valence-corrected chi connectivity index (χ0v) is 25.4. The van der Waals surface area contributed by atoms with Gasteiger partial charge >= 0.3 is 0 Å². The van der Waals surface area contributed by atoms with Crippen LogP contribution in [0.2, 0.25) is 5.28 Å². The van der Waals surface area contributed by atoms with Crippen LogP contribution in [0, 0.1) is 0 Å². The van der Waals surface area contributed by atoms with Crippen LogP contribution in [-0.4, -0.2) is 27.6 Å². The molecule has 45 heavy (non-hydrogen) atoms. The molecule has 0 aliphatic carbocycles. The Balaban J connectivity index is 1.43. The van der Waals surface area contributed by atoms with Gasteiger partial charge in [-0.05, 0) is 44.4 Å². The number of nitrogens with zero attached hydrogens (tertiary/aromatic N) is 4. The zero-order chi connectivity index (χ0) is 37.2. The van der Waals surface area contributed by atoms with Gasteiger partial charge in [0.2, 0.25) is 11.2 Å². The number of halogens is 1. The highest BCUT2D eigenvalue weighted by Gasteiger charge is 2.41. The molecule has 0 fully saturated rings. The number of benzene rings is 6. The van der Waals surface area contributed by atoms with Gasteiger partial charge in [0.15, 0.2) is 13.9 Å². The van der Waals surface area contributed by atoms with Crippen molar-refractivity contribution in [1.29, 1.82) is 0 Å². The van der Waals surface area contributed by atoms with Gasteiger partial charge in [0.05, 0.1) is 22.0 Å². The first-order valence-electron chi connectivity index (χ1n) is 18.3. The van der Waals surface area contributed by atoms with Gasteiger partial charge in [0, 0.05) is 16.3 Å². The molecule has 6 heteroatoms. The Morgan fingerprint density at radius 3 is 1.56 bits per heavy atom. The van der Waals surface area contributed by atoms with Gasteiger partial charge in [-0.1, -0.05) is 152 Å². The van der Waals surface area contributed by atoms with E-state index in [0.717, 1.165) is 20.7 Å². The lowest BCUT2D eigenvalue weighted by atomic mass is 10.2. The zero-order valence-electron chi connectivity index (χ0n) is 31.6. The lowest BCUT2D eigenvalue weighted by molar-refractivity contribution is 0.947. The number of para-hydroxylation sites is 2. The number of aromatic nitrogens is 4. The minimum absolute atomic E-state index is 0.0811. The minimum atomic E-state index is -2.95. The number of hydrogen-bond acceptors (Lipinski definition) is 3. The van der Waals surface area contributed by atoms with Crippen molar-refractivity contribution >= 4 is 62.2 Å². The van der Waals surface area contributed by atoms with E-state index in [1.54, 1.807) is 0 Å². The van der Waals surface area contributed by atoms with Gasteiger partial charge in [0.25, 0.3) is 0 Å². The molecule has 0 unspecified atom stereocenters. The van der Waals surface area contributed by atoms with Crippen molar-refractivity contribution < 1.29 is 11.0 Å². The Labute approximate surface area is 278 Å².